The first-order chi connectivity index (χ1) is 14.4. The fourth-order valence-electron chi connectivity index (χ4n) is 3.04. The van der Waals surface area contributed by atoms with E-state index in [1.807, 2.05) is 48.5 Å². The van der Waals surface area contributed by atoms with Gasteiger partial charge in [-0.15, -0.1) is 0 Å². The highest BCUT2D eigenvalue weighted by atomic mass is 32.2. The Balaban J connectivity index is 1.66. The largest absolute Gasteiger partial charge is 0.496 e. The lowest BCUT2D eigenvalue weighted by molar-refractivity contribution is -0.115. The van der Waals surface area contributed by atoms with Crippen LogP contribution in [0.1, 0.15) is 11.1 Å². The molecule has 3 aromatic rings. The Morgan fingerprint density at radius 1 is 0.933 bits per heavy atom. The maximum atomic E-state index is 12.8. The number of sulfonamides is 1. The Labute approximate surface area is 177 Å². The molecule has 0 heterocycles. The van der Waals surface area contributed by atoms with Gasteiger partial charge >= 0.3 is 0 Å². The van der Waals surface area contributed by atoms with Crippen molar-refractivity contribution >= 4 is 21.6 Å². The van der Waals surface area contributed by atoms with Gasteiger partial charge in [-0.2, -0.15) is 4.31 Å². The standard InChI is InChI=1S/C23H24N2O4S/c1-25(17-18-8-4-3-5-9-18)30(27,28)21-14-12-20(13-15-21)24-23(26)16-19-10-6-7-11-22(19)29-2/h3-15H,16-17H2,1-2H3,(H,24,26). The topological polar surface area (TPSA) is 75.7 Å². The summed E-state index contributed by atoms with van der Waals surface area (Å²) >= 11 is 0. The fraction of sp³-hybridized carbons (Fsp3) is 0.174. The summed E-state index contributed by atoms with van der Waals surface area (Å²) in [6.45, 7) is 0.278. The molecule has 0 saturated heterocycles. The number of methoxy groups -OCH3 is 1. The molecular weight excluding hydrogens is 400 g/mol. The van der Waals surface area contributed by atoms with E-state index in [-0.39, 0.29) is 23.8 Å². The van der Waals surface area contributed by atoms with Crippen LogP contribution in [-0.2, 0) is 27.8 Å². The first-order valence-corrected chi connectivity index (χ1v) is 10.9. The highest BCUT2D eigenvalue weighted by molar-refractivity contribution is 7.89. The van der Waals surface area contributed by atoms with Gasteiger partial charge in [-0.25, -0.2) is 8.42 Å². The van der Waals surface area contributed by atoms with E-state index in [2.05, 4.69) is 5.32 Å². The fourth-order valence-corrected chi connectivity index (χ4v) is 4.20. The van der Waals surface area contributed by atoms with Crippen LogP contribution in [0.25, 0.3) is 0 Å². The van der Waals surface area contributed by atoms with Gasteiger partial charge in [-0.1, -0.05) is 48.5 Å². The second-order valence-corrected chi connectivity index (χ2v) is 8.85. The van der Waals surface area contributed by atoms with Crippen LogP contribution in [0.15, 0.2) is 83.8 Å². The first kappa shape index (κ1) is 21.5. The van der Waals surface area contributed by atoms with Gasteiger partial charge in [0.1, 0.15) is 5.75 Å². The minimum atomic E-state index is -3.64. The zero-order valence-corrected chi connectivity index (χ0v) is 17.7. The first-order valence-electron chi connectivity index (χ1n) is 9.42. The molecule has 7 heteroatoms. The van der Waals surface area contributed by atoms with E-state index in [1.54, 1.807) is 32.4 Å². The number of ether oxygens (including phenoxy) is 1. The van der Waals surface area contributed by atoms with Crippen LogP contribution in [0.4, 0.5) is 5.69 Å². The molecule has 0 aliphatic heterocycles. The molecule has 0 unspecified atom stereocenters. The number of carbonyl (C=O) groups is 1. The van der Waals surface area contributed by atoms with Crippen molar-refractivity contribution in [1.29, 1.82) is 0 Å². The zero-order valence-electron chi connectivity index (χ0n) is 16.9. The lowest BCUT2D eigenvalue weighted by Crippen LogP contribution is -2.26. The molecule has 0 atom stereocenters. The molecule has 3 rings (SSSR count). The van der Waals surface area contributed by atoms with E-state index in [0.29, 0.717) is 11.4 Å². The summed E-state index contributed by atoms with van der Waals surface area (Å²) in [5.74, 6) is 0.437. The minimum Gasteiger partial charge on any atom is -0.496 e. The Morgan fingerprint density at radius 2 is 1.57 bits per heavy atom. The third-order valence-corrected chi connectivity index (χ3v) is 6.46. The quantitative estimate of drug-likeness (QED) is 0.598. The third kappa shape index (κ3) is 5.25. The number of carbonyl (C=O) groups excluding carboxylic acids is 1. The van der Waals surface area contributed by atoms with Crippen LogP contribution in [0.2, 0.25) is 0 Å². The molecule has 3 aromatic carbocycles. The number of anilines is 1. The molecule has 0 aromatic heterocycles. The normalized spacial score (nSPS) is 11.3. The van der Waals surface area contributed by atoms with Gasteiger partial charge in [0, 0.05) is 24.8 Å². The van der Waals surface area contributed by atoms with Crippen LogP contribution in [0, 0.1) is 0 Å². The second kappa shape index (κ2) is 9.56. The molecular formula is C23H24N2O4S. The Hall–Kier alpha value is -3.16. The molecule has 0 spiro atoms. The van der Waals surface area contributed by atoms with Crippen molar-refractivity contribution in [1.82, 2.24) is 4.31 Å². The van der Waals surface area contributed by atoms with Crippen molar-refractivity contribution in [3.63, 3.8) is 0 Å². The molecule has 30 heavy (non-hydrogen) atoms. The summed E-state index contributed by atoms with van der Waals surface area (Å²) in [4.78, 5) is 12.5. The number of rotatable bonds is 8. The zero-order chi connectivity index (χ0) is 21.6. The van der Waals surface area contributed by atoms with Gasteiger partial charge in [0.25, 0.3) is 0 Å². The van der Waals surface area contributed by atoms with Gasteiger partial charge in [-0.3, -0.25) is 4.79 Å². The third-order valence-electron chi connectivity index (χ3n) is 4.64. The summed E-state index contributed by atoms with van der Waals surface area (Å²) in [6, 6.07) is 22.9. The molecule has 0 saturated carbocycles. The van der Waals surface area contributed by atoms with Crippen molar-refractivity contribution in [3.05, 3.63) is 90.0 Å². The number of para-hydroxylation sites is 1. The molecule has 0 fully saturated rings. The molecule has 1 N–H and O–H groups in total. The minimum absolute atomic E-state index is 0.157. The average molecular weight is 425 g/mol. The lowest BCUT2D eigenvalue weighted by atomic mass is 10.1. The second-order valence-electron chi connectivity index (χ2n) is 6.81. The number of amides is 1. The Bertz CT molecular complexity index is 1100. The predicted octanol–water partition coefficient (Wildman–Crippen LogP) is 3.70. The summed E-state index contributed by atoms with van der Waals surface area (Å²) in [5.41, 5.74) is 2.21. The maximum Gasteiger partial charge on any atom is 0.243 e. The van der Waals surface area contributed by atoms with Crippen LogP contribution < -0.4 is 10.1 Å². The summed E-state index contributed by atoms with van der Waals surface area (Å²) in [5, 5.41) is 2.79. The van der Waals surface area contributed by atoms with Crippen molar-refractivity contribution in [3.8, 4) is 5.75 Å². The number of nitrogens with one attached hydrogen (secondary N) is 1. The Kier molecular flexibility index (Phi) is 6.87. The van der Waals surface area contributed by atoms with Crippen molar-refractivity contribution < 1.29 is 17.9 Å². The van der Waals surface area contributed by atoms with Crippen molar-refractivity contribution in [2.75, 3.05) is 19.5 Å². The monoisotopic (exact) mass is 424 g/mol. The van der Waals surface area contributed by atoms with Crippen LogP contribution >= 0.6 is 0 Å². The van der Waals surface area contributed by atoms with E-state index >= 15 is 0 Å². The van der Waals surface area contributed by atoms with E-state index < -0.39 is 10.0 Å². The number of nitrogens with zero attached hydrogens (tertiary/aromatic N) is 1. The summed E-state index contributed by atoms with van der Waals surface area (Å²) in [6.07, 6.45) is 0.157. The SMILES string of the molecule is COc1ccccc1CC(=O)Nc1ccc(S(=O)(=O)N(C)Cc2ccccc2)cc1. The van der Waals surface area contributed by atoms with Crippen molar-refractivity contribution in [2.45, 2.75) is 17.9 Å². The Morgan fingerprint density at radius 3 is 2.23 bits per heavy atom. The number of hydrogen-bond donors (Lipinski definition) is 1. The molecule has 156 valence electrons. The molecule has 0 aliphatic carbocycles. The highest BCUT2D eigenvalue weighted by Crippen LogP contribution is 2.21. The van der Waals surface area contributed by atoms with Crippen molar-refractivity contribution in [2.24, 2.45) is 0 Å². The molecule has 0 bridgehead atoms. The van der Waals surface area contributed by atoms with Crippen LogP contribution in [-0.4, -0.2) is 32.8 Å². The van der Waals surface area contributed by atoms with Gasteiger partial charge in [-0.05, 0) is 35.9 Å². The highest BCUT2D eigenvalue weighted by Gasteiger charge is 2.21. The van der Waals surface area contributed by atoms with Gasteiger partial charge in [0.15, 0.2) is 0 Å². The van der Waals surface area contributed by atoms with Crippen LogP contribution in [0.3, 0.4) is 0 Å². The molecule has 0 radical (unpaired) electrons. The lowest BCUT2D eigenvalue weighted by Gasteiger charge is -2.17. The molecule has 6 nitrogen and oxygen atoms in total. The summed E-state index contributed by atoms with van der Waals surface area (Å²) in [7, 11) is -0.529. The van der Waals surface area contributed by atoms with E-state index in [1.165, 1.54) is 16.4 Å². The molecule has 1 amide bonds. The number of benzene rings is 3. The number of hydrogen-bond acceptors (Lipinski definition) is 4. The van der Waals surface area contributed by atoms with E-state index in [4.69, 9.17) is 4.74 Å². The predicted molar refractivity (Wildman–Crippen MR) is 117 cm³/mol. The van der Waals surface area contributed by atoms with Gasteiger partial charge in [0.2, 0.25) is 15.9 Å². The molecule has 0 aliphatic rings. The maximum absolute atomic E-state index is 12.8. The summed E-state index contributed by atoms with van der Waals surface area (Å²) < 4.78 is 32.2. The van der Waals surface area contributed by atoms with Gasteiger partial charge < -0.3 is 10.1 Å². The van der Waals surface area contributed by atoms with Gasteiger partial charge in [0.05, 0.1) is 18.4 Å². The smallest absolute Gasteiger partial charge is 0.243 e. The van der Waals surface area contributed by atoms with E-state index in [0.717, 1.165) is 11.1 Å². The average Bonchev–Trinajstić information content (AvgIpc) is 2.75. The van der Waals surface area contributed by atoms with Crippen LogP contribution in [0.5, 0.6) is 5.75 Å². The van der Waals surface area contributed by atoms with E-state index in [9.17, 15) is 13.2 Å².